The summed E-state index contributed by atoms with van der Waals surface area (Å²) in [4.78, 5) is 0. The van der Waals surface area contributed by atoms with Crippen molar-refractivity contribution in [3.63, 3.8) is 0 Å². The van der Waals surface area contributed by atoms with Crippen LogP contribution in [0.5, 0.6) is 0 Å². The zero-order chi connectivity index (χ0) is 18.8. The molecule has 0 spiro atoms. The fourth-order valence-electron chi connectivity index (χ4n) is 3.22. The van der Waals surface area contributed by atoms with Crippen LogP contribution in [0.2, 0.25) is 0 Å². The van der Waals surface area contributed by atoms with Crippen molar-refractivity contribution in [1.82, 2.24) is 5.32 Å². The minimum absolute atomic E-state index is 0.0909. The maximum Gasteiger partial charge on any atom is 0.0715 e. The molecule has 3 atom stereocenters. The second kappa shape index (κ2) is 18.6. The summed E-state index contributed by atoms with van der Waals surface area (Å²) in [6, 6.07) is -0.327. The molecular formula is C21H45NO3. The zero-order valence-electron chi connectivity index (χ0n) is 16.9. The monoisotopic (exact) mass is 359 g/mol. The summed E-state index contributed by atoms with van der Waals surface area (Å²) >= 11 is 0. The molecule has 25 heavy (non-hydrogen) atoms. The van der Waals surface area contributed by atoms with E-state index in [-0.39, 0.29) is 12.6 Å². The van der Waals surface area contributed by atoms with Crippen LogP contribution in [-0.4, -0.2) is 46.7 Å². The second-order valence-corrected chi connectivity index (χ2v) is 7.65. The highest BCUT2D eigenvalue weighted by Crippen LogP contribution is 2.14. The molecule has 0 bridgehead atoms. The number of aliphatic hydroxyl groups is 3. The molecule has 0 heterocycles. The minimum Gasteiger partial charge on any atom is -0.395 e. The van der Waals surface area contributed by atoms with Gasteiger partial charge in [0.25, 0.3) is 0 Å². The molecule has 1 unspecified atom stereocenters. The van der Waals surface area contributed by atoms with Crippen LogP contribution in [0.25, 0.3) is 0 Å². The average Bonchev–Trinajstić information content (AvgIpc) is 2.59. The van der Waals surface area contributed by atoms with Crippen molar-refractivity contribution in [2.24, 2.45) is 0 Å². The first-order valence-corrected chi connectivity index (χ1v) is 10.8. The van der Waals surface area contributed by atoms with E-state index in [9.17, 15) is 15.3 Å². The lowest BCUT2D eigenvalue weighted by molar-refractivity contribution is 0.0728. The van der Waals surface area contributed by atoms with Crippen LogP contribution >= 0.6 is 0 Å². The van der Waals surface area contributed by atoms with Gasteiger partial charge in [0.05, 0.1) is 24.9 Å². The molecule has 0 rings (SSSR count). The predicted molar refractivity (Wildman–Crippen MR) is 107 cm³/mol. The Balaban J connectivity index is 3.36. The standard InChI is InChI=1S/C21H45NO3/c1-3-4-5-6-7-8-9-10-11-12-13-14-15-16-21(25)20(18-23)22-17-19(2)24/h19-25H,3-18H2,1-2H3/t19?,20-,21+/m0/s1. The molecule has 0 aromatic heterocycles. The SMILES string of the molecule is CCCCCCCCCCCCCCC[C@@H](O)[C@H](CO)NCC(C)O. The molecule has 4 N–H and O–H groups in total. The zero-order valence-corrected chi connectivity index (χ0v) is 16.9. The van der Waals surface area contributed by atoms with Crippen molar-refractivity contribution in [1.29, 1.82) is 0 Å². The quantitative estimate of drug-likeness (QED) is 0.261. The van der Waals surface area contributed by atoms with E-state index < -0.39 is 12.2 Å². The van der Waals surface area contributed by atoms with Gasteiger partial charge in [-0.15, -0.1) is 0 Å². The summed E-state index contributed by atoms with van der Waals surface area (Å²) in [5, 5.41) is 31.7. The molecule has 0 saturated heterocycles. The Morgan fingerprint density at radius 3 is 1.56 bits per heavy atom. The number of rotatable bonds is 19. The average molecular weight is 360 g/mol. The van der Waals surface area contributed by atoms with E-state index in [1.807, 2.05) is 0 Å². The molecule has 0 saturated carbocycles. The lowest BCUT2D eigenvalue weighted by Crippen LogP contribution is -2.45. The number of hydrogen-bond donors (Lipinski definition) is 4. The summed E-state index contributed by atoms with van der Waals surface area (Å²) < 4.78 is 0. The number of aliphatic hydroxyl groups excluding tert-OH is 3. The fraction of sp³-hybridized carbons (Fsp3) is 1.00. The highest BCUT2D eigenvalue weighted by Gasteiger charge is 2.17. The lowest BCUT2D eigenvalue weighted by Gasteiger charge is -2.23. The van der Waals surface area contributed by atoms with Crippen LogP contribution in [0, 0.1) is 0 Å². The molecule has 0 aliphatic carbocycles. The molecule has 4 heteroatoms. The summed E-state index contributed by atoms with van der Waals surface area (Å²) in [5.41, 5.74) is 0. The van der Waals surface area contributed by atoms with E-state index in [1.165, 1.54) is 70.6 Å². The second-order valence-electron chi connectivity index (χ2n) is 7.65. The summed E-state index contributed by atoms with van der Waals surface area (Å²) in [6.45, 7) is 4.27. The van der Waals surface area contributed by atoms with Gasteiger partial charge in [-0.2, -0.15) is 0 Å². The van der Waals surface area contributed by atoms with Gasteiger partial charge in [-0.1, -0.05) is 90.4 Å². The number of nitrogens with one attached hydrogen (secondary N) is 1. The van der Waals surface area contributed by atoms with Gasteiger partial charge in [0.2, 0.25) is 0 Å². The first-order chi connectivity index (χ1) is 12.1. The Morgan fingerprint density at radius 1 is 0.720 bits per heavy atom. The molecular weight excluding hydrogens is 314 g/mol. The van der Waals surface area contributed by atoms with Gasteiger partial charge in [0.15, 0.2) is 0 Å². The van der Waals surface area contributed by atoms with Gasteiger partial charge in [0, 0.05) is 6.54 Å². The van der Waals surface area contributed by atoms with Crippen LogP contribution in [0.15, 0.2) is 0 Å². The highest BCUT2D eigenvalue weighted by molar-refractivity contribution is 4.75. The van der Waals surface area contributed by atoms with Crippen LogP contribution in [0.1, 0.15) is 104 Å². The first kappa shape index (κ1) is 24.8. The van der Waals surface area contributed by atoms with Crippen LogP contribution < -0.4 is 5.32 Å². The van der Waals surface area contributed by atoms with Gasteiger partial charge in [-0.3, -0.25) is 0 Å². The Morgan fingerprint density at radius 2 is 1.16 bits per heavy atom. The smallest absolute Gasteiger partial charge is 0.0715 e. The molecule has 0 aliphatic heterocycles. The van der Waals surface area contributed by atoms with Crippen molar-refractivity contribution in [2.75, 3.05) is 13.2 Å². The lowest BCUT2D eigenvalue weighted by atomic mass is 10.0. The minimum atomic E-state index is -0.531. The Hall–Kier alpha value is -0.160. The highest BCUT2D eigenvalue weighted by atomic mass is 16.3. The molecule has 0 fully saturated rings. The van der Waals surface area contributed by atoms with Crippen LogP contribution in [0.3, 0.4) is 0 Å². The van der Waals surface area contributed by atoms with Crippen molar-refractivity contribution >= 4 is 0 Å². The molecule has 152 valence electrons. The predicted octanol–water partition coefficient (Wildman–Crippen LogP) is 4.16. The van der Waals surface area contributed by atoms with Gasteiger partial charge >= 0.3 is 0 Å². The summed E-state index contributed by atoms with van der Waals surface area (Å²) in [7, 11) is 0. The maximum atomic E-state index is 10.1. The Bertz CT molecular complexity index is 262. The van der Waals surface area contributed by atoms with E-state index >= 15 is 0 Å². The molecule has 0 aromatic rings. The van der Waals surface area contributed by atoms with Crippen LogP contribution in [0.4, 0.5) is 0 Å². The largest absolute Gasteiger partial charge is 0.395 e. The van der Waals surface area contributed by atoms with Gasteiger partial charge in [0.1, 0.15) is 0 Å². The van der Waals surface area contributed by atoms with Crippen molar-refractivity contribution in [3.8, 4) is 0 Å². The molecule has 0 amide bonds. The molecule has 0 radical (unpaired) electrons. The third kappa shape index (κ3) is 17.0. The van der Waals surface area contributed by atoms with Crippen molar-refractivity contribution in [2.45, 2.75) is 122 Å². The summed E-state index contributed by atoms with van der Waals surface area (Å²) in [6.07, 6.45) is 16.9. The van der Waals surface area contributed by atoms with E-state index in [4.69, 9.17) is 0 Å². The normalized spacial score (nSPS) is 15.2. The topological polar surface area (TPSA) is 72.7 Å². The van der Waals surface area contributed by atoms with Gasteiger partial charge in [-0.25, -0.2) is 0 Å². The van der Waals surface area contributed by atoms with E-state index in [2.05, 4.69) is 12.2 Å². The van der Waals surface area contributed by atoms with Gasteiger partial charge < -0.3 is 20.6 Å². The van der Waals surface area contributed by atoms with Crippen molar-refractivity contribution in [3.05, 3.63) is 0 Å². The van der Waals surface area contributed by atoms with Crippen LogP contribution in [-0.2, 0) is 0 Å². The van der Waals surface area contributed by atoms with E-state index in [1.54, 1.807) is 6.92 Å². The van der Waals surface area contributed by atoms with E-state index in [0.29, 0.717) is 6.54 Å². The fourth-order valence-corrected chi connectivity index (χ4v) is 3.22. The van der Waals surface area contributed by atoms with Gasteiger partial charge in [-0.05, 0) is 13.3 Å². The molecule has 0 aromatic carbocycles. The molecule has 0 aliphatic rings. The first-order valence-electron chi connectivity index (χ1n) is 10.8. The van der Waals surface area contributed by atoms with E-state index in [0.717, 1.165) is 19.3 Å². The third-order valence-electron chi connectivity index (χ3n) is 4.94. The third-order valence-corrected chi connectivity index (χ3v) is 4.94. The number of hydrogen-bond acceptors (Lipinski definition) is 4. The Labute approximate surface area is 156 Å². The van der Waals surface area contributed by atoms with Crippen molar-refractivity contribution < 1.29 is 15.3 Å². The number of unbranched alkanes of at least 4 members (excludes halogenated alkanes) is 12. The molecule has 4 nitrogen and oxygen atoms in total. The summed E-state index contributed by atoms with van der Waals surface area (Å²) in [5.74, 6) is 0. The maximum absolute atomic E-state index is 10.1. The Kier molecular flexibility index (Phi) is 18.5.